The van der Waals surface area contributed by atoms with Crippen molar-refractivity contribution in [1.82, 2.24) is 9.88 Å². The van der Waals surface area contributed by atoms with Gasteiger partial charge in [-0.2, -0.15) is 0 Å². The number of aromatic nitrogens is 1. The summed E-state index contributed by atoms with van der Waals surface area (Å²) in [4.78, 5) is 35.3. The lowest BCUT2D eigenvalue weighted by atomic mass is 9.68. The van der Waals surface area contributed by atoms with E-state index in [1.54, 1.807) is 18.3 Å². The number of likely N-dealkylation sites (tertiary alicyclic amines) is 1. The zero-order valence-corrected chi connectivity index (χ0v) is 34.4. The fourth-order valence-electron chi connectivity index (χ4n) is 8.90. The number of nitrogens with zero attached hydrogens (tertiary/aromatic N) is 2. The van der Waals surface area contributed by atoms with E-state index in [4.69, 9.17) is 4.43 Å². The Kier molecular flexibility index (Phi) is 12.2. The first kappa shape index (κ1) is 40.2. The first-order valence-corrected chi connectivity index (χ1v) is 22.4. The van der Waals surface area contributed by atoms with E-state index in [0.29, 0.717) is 23.3 Å². The van der Waals surface area contributed by atoms with Crippen molar-refractivity contribution >= 4 is 53.5 Å². The monoisotopic (exact) mass is 798 g/mol. The van der Waals surface area contributed by atoms with Crippen molar-refractivity contribution in [2.24, 2.45) is 17.8 Å². The Morgan fingerprint density at radius 3 is 2.18 bits per heavy atom. The van der Waals surface area contributed by atoms with Crippen molar-refractivity contribution in [2.75, 3.05) is 13.2 Å². The number of thiophene rings is 1. The van der Waals surface area contributed by atoms with Crippen LogP contribution in [0.2, 0.25) is 5.04 Å². The van der Waals surface area contributed by atoms with Gasteiger partial charge in [0.1, 0.15) is 5.75 Å². The smallest absolute Gasteiger partial charge is 0.261 e. The molecule has 4 atom stereocenters. The molecule has 0 radical (unpaired) electrons. The molecule has 2 amide bonds. The summed E-state index contributed by atoms with van der Waals surface area (Å²) in [6.07, 6.45) is 3.37. The van der Waals surface area contributed by atoms with Gasteiger partial charge in [-0.25, -0.2) is 0 Å². The molecule has 2 aliphatic rings. The number of benzene rings is 3. The van der Waals surface area contributed by atoms with Crippen LogP contribution in [-0.2, 0) is 20.6 Å². The third-order valence-electron chi connectivity index (χ3n) is 11.6. The second kappa shape index (κ2) is 17.3. The van der Waals surface area contributed by atoms with Crippen LogP contribution in [0.25, 0.3) is 11.6 Å². The van der Waals surface area contributed by atoms with Gasteiger partial charge in [0.25, 0.3) is 8.32 Å². The second-order valence-electron chi connectivity index (χ2n) is 16.0. The maximum absolute atomic E-state index is 14.3. The predicted molar refractivity (Wildman–Crippen MR) is 228 cm³/mol. The molecule has 3 aromatic carbocycles. The molecule has 0 bridgehead atoms. The minimum Gasteiger partial charge on any atom is -0.507 e. The number of phenolic OH excluding ortho intramolecular Hbond substituents is 1. The van der Waals surface area contributed by atoms with E-state index >= 15 is 0 Å². The Bertz CT molecular complexity index is 2180. The molecule has 3 heterocycles. The molecule has 1 fully saturated rings. The van der Waals surface area contributed by atoms with Crippen LogP contribution >= 0.6 is 11.3 Å². The molecular formula is C47H50N2O6SSi. The fraction of sp³-hybridized carbons (Fsp3) is 0.298. The number of aromatic hydroxyl groups is 1. The molecule has 8 nitrogen and oxygen atoms in total. The average molecular weight is 799 g/mol. The minimum absolute atomic E-state index is 0.118. The van der Waals surface area contributed by atoms with Crippen LogP contribution in [0, 0.1) is 17.8 Å². The topological polar surface area (TPSA) is 120 Å². The van der Waals surface area contributed by atoms with E-state index in [2.05, 4.69) is 50.0 Å². The number of aliphatic hydroxyl groups is 2. The van der Waals surface area contributed by atoms with Gasteiger partial charge in [0.2, 0.25) is 11.8 Å². The maximum Gasteiger partial charge on any atom is 0.261 e. The summed E-state index contributed by atoms with van der Waals surface area (Å²) >= 11 is 1.49. The Morgan fingerprint density at radius 1 is 0.912 bits per heavy atom. The van der Waals surface area contributed by atoms with Crippen LogP contribution < -0.4 is 10.4 Å². The van der Waals surface area contributed by atoms with E-state index in [-0.39, 0.29) is 48.6 Å². The second-order valence-corrected chi connectivity index (χ2v) is 21.3. The highest BCUT2D eigenvalue weighted by molar-refractivity contribution is 7.09. The van der Waals surface area contributed by atoms with Crippen molar-refractivity contribution in [3.63, 3.8) is 0 Å². The maximum atomic E-state index is 14.3. The van der Waals surface area contributed by atoms with Gasteiger partial charge in [-0.15, -0.1) is 11.3 Å². The minimum atomic E-state index is -3.06. The summed E-state index contributed by atoms with van der Waals surface area (Å²) in [7, 11) is -3.06. The lowest BCUT2D eigenvalue weighted by Gasteiger charge is -2.44. The first-order chi connectivity index (χ1) is 27.5. The standard InChI is InChI=1S/C47H50N2O6SSi/c1-47(2,3)57(36-17-6-4-7-18-36,37-19-8-5-9-20-37)55-31-34-28-38-44(46(54)49(45(38)53)29-35-16-14-26-56-35)39(30-50)43(34)42(52)24-23-32(40-21-12-13-25-48-40)27-33-15-10-11-22-41(33)51/h4-22,25-27,38-39,42,44,50-52H,23-24,28-31H2,1-3H3/b32-27-/t38-,39+,42-,44-/m1/s1. The van der Waals surface area contributed by atoms with E-state index in [1.807, 2.05) is 90.3 Å². The van der Waals surface area contributed by atoms with E-state index in [0.717, 1.165) is 26.4 Å². The fourth-order valence-corrected chi connectivity index (χ4v) is 14.1. The van der Waals surface area contributed by atoms with E-state index in [1.165, 1.54) is 16.2 Å². The van der Waals surface area contributed by atoms with Crippen molar-refractivity contribution in [2.45, 2.75) is 57.7 Å². The summed E-state index contributed by atoms with van der Waals surface area (Å²) in [5.74, 6) is -2.72. The van der Waals surface area contributed by atoms with Crippen LogP contribution in [0.3, 0.4) is 0 Å². The van der Waals surface area contributed by atoms with Crippen LogP contribution in [-0.4, -0.2) is 64.7 Å². The van der Waals surface area contributed by atoms with Gasteiger partial charge >= 0.3 is 0 Å². The zero-order valence-electron chi connectivity index (χ0n) is 32.6. The lowest BCUT2D eigenvalue weighted by molar-refractivity contribution is -0.140. The number of hydrogen-bond donors (Lipinski definition) is 3. The molecule has 294 valence electrons. The van der Waals surface area contributed by atoms with Gasteiger partial charge in [0.15, 0.2) is 0 Å². The molecule has 0 spiro atoms. The average Bonchev–Trinajstić information content (AvgIpc) is 3.83. The molecule has 2 aromatic heterocycles. The predicted octanol–water partition coefficient (Wildman–Crippen LogP) is 7.22. The number of hydrogen-bond acceptors (Lipinski definition) is 8. The van der Waals surface area contributed by atoms with Gasteiger partial charge in [-0.05, 0) is 87.1 Å². The summed E-state index contributed by atoms with van der Waals surface area (Å²) in [6, 6.07) is 37.1. The zero-order chi connectivity index (χ0) is 40.2. The number of phenols is 1. The SMILES string of the molecule is CC(C)(C)[Si](OCC1=C([C@H](O)CC/C(=C/c2ccccc2O)c2ccccn2)[C@H](CO)[C@@H]2C(=O)N(Cc3cccs3)C(=O)[C@@H]2C1)(c1ccccc1)c1ccccc1. The van der Waals surface area contributed by atoms with Gasteiger partial charge in [-0.3, -0.25) is 19.5 Å². The summed E-state index contributed by atoms with van der Waals surface area (Å²) in [5, 5.41) is 38.1. The molecule has 7 rings (SSSR count). The summed E-state index contributed by atoms with van der Waals surface area (Å²) < 4.78 is 7.42. The van der Waals surface area contributed by atoms with Crippen molar-refractivity contribution in [3.05, 3.63) is 154 Å². The van der Waals surface area contributed by atoms with Gasteiger partial charge in [0, 0.05) is 22.6 Å². The summed E-state index contributed by atoms with van der Waals surface area (Å²) in [5.41, 5.74) is 3.46. The van der Waals surface area contributed by atoms with Gasteiger partial charge in [-0.1, -0.05) is 112 Å². The third-order valence-corrected chi connectivity index (χ3v) is 17.4. The van der Waals surface area contributed by atoms with Crippen LogP contribution in [0.15, 0.2) is 138 Å². The Balaban J connectivity index is 1.30. The van der Waals surface area contributed by atoms with Gasteiger partial charge < -0.3 is 19.7 Å². The third kappa shape index (κ3) is 8.10. The molecule has 0 saturated carbocycles. The Labute approximate surface area is 340 Å². The highest BCUT2D eigenvalue weighted by Gasteiger charge is 2.56. The molecular weight excluding hydrogens is 749 g/mol. The number of aliphatic hydroxyl groups excluding tert-OH is 2. The van der Waals surface area contributed by atoms with Crippen molar-refractivity contribution in [1.29, 1.82) is 0 Å². The van der Waals surface area contributed by atoms with Crippen LogP contribution in [0.4, 0.5) is 0 Å². The molecule has 1 aliphatic carbocycles. The van der Waals surface area contributed by atoms with Gasteiger partial charge in [0.05, 0.1) is 43.4 Å². The number of pyridine rings is 1. The molecule has 57 heavy (non-hydrogen) atoms. The number of rotatable bonds is 14. The lowest BCUT2D eigenvalue weighted by Crippen LogP contribution is -2.66. The largest absolute Gasteiger partial charge is 0.507 e. The number of allylic oxidation sites excluding steroid dienone is 1. The number of amides is 2. The number of carbonyl (C=O) groups is 2. The van der Waals surface area contributed by atoms with Crippen molar-refractivity contribution < 1.29 is 29.3 Å². The van der Waals surface area contributed by atoms with E-state index < -0.39 is 38.8 Å². The number of carbonyl (C=O) groups excluding carboxylic acids is 2. The highest BCUT2D eigenvalue weighted by atomic mass is 32.1. The molecule has 10 heteroatoms. The number of imide groups is 1. The van der Waals surface area contributed by atoms with Crippen molar-refractivity contribution in [3.8, 4) is 5.75 Å². The molecule has 3 N–H and O–H groups in total. The quantitative estimate of drug-likeness (QED) is 0.0617. The molecule has 0 unspecified atom stereocenters. The Morgan fingerprint density at radius 2 is 1.58 bits per heavy atom. The molecule has 5 aromatic rings. The van der Waals surface area contributed by atoms with E-state index in [9.17, 15) is 24.9 Å². The van der Waals surface area contributed by atoms with Crippen LogP contribution in [0.1, 0.15) is 56.2 Å². The number of fused-ring (bicyclic) bond motifs is 1. The van der Waals surface area contributed by atoms with Crippen LogP contribution in [0.5, 0.6) is 5.75 Å². The number of para-hydroxylation sites is 1. The normalized spacial score (nSPS) is 19.6. The summed E-state index contributed by atoms with van der Waals surface area (Å²) in [6.45, 7) is 6.49. The molecule has 1 saturated heterocycles. The first-order valence-electron chi connectivity index (χ1n) is 19.6. The Hall–Kier alpha value is -4.97. The highest BCUT2D eigenvalue weighted by Crippen LogP contribution is 2.48. The molecule has 1 aliphatic heterocycles.